The van der Waals surface area contributed by atoms with Crippen LogP contribution in [0.15, 0.2) is 109 Å². The molecule has 1 aliphatic heterocycles. The van der Waals surface area contributed by atoms with E-state index in [-0.39, 0.29) is 116 Å². The van der Waals surface area contributed by atoms with E-state index in [0.29, 0.717) is 5.69 Å². The van der Waals surface area contributed by atoms with Crippen LogP contribution in [0.4, 0.5) is 11.4 Å². The number of nitrogens with zero attached hydrogens (tertiary/aromatic N) is 4. The zero-order valence-electron chi connectivity index (χ0n) is 41.9. The topological polar surface area (TPSA) is 33.5 Å². The maximum Gasteiger partial charge on any atom is 0.135 e. The molecule has 0 atom stereocenters. The Morgan fingerprint density at radius 3 is 2.35 bits per heavy atom. The quantitative estimate of drug-likeness (QED) is 0.161. The van der Waals surface area contributed by atoms with Gasteiger partial charge in [0, 0.05) is 67.4 Å². The molecule has 0 aliphatic carbocycles. The van der Waals surface area contributed by atoms with Gasteiger partial charge in [0.1, 0.15) is 5.82 Å². The molecular weight excluding hydrogens is 840 g/mol. The van der Waals surface area contributed by atoms with Gasteiger partial charge in [-0.2, -0.15) is 12.1 Å². The third kappa shape index (κ3) is 5.79. The van der Waals surface area contributed by atoms with Crippen molar-refractivity contribution in [2.45, 2.75) is 47.0 Å². The number of pyridine rings is 1. The molecule has 52 heavy (non-hydrogen) atoms. The minimum absolute atomic E-state index is 0. The molecule has 0 fully saturated rings. The summed E-state index contributed by atoms with van der Waals surface area (Å²) in [6.45, 7) is 13.2. The Morgan fingerprint density at radius 1 is 0.788 bits per heavy atom. The summed E-state index contributed by atoms with van der Waals surface area (Å²) in [5, 5.41) is 0.438. The standard InChI is InChI=1S/C45H37N4OS.Pt/c1-28-22-29(2)43(30(3)23-28)48-21-20-47(27-48)32-10-9-11-33(25-32)50-34-14-15-35-36-16-17-40-42(37-12-7-8-13-39(37)51-40)44(36)49(38(35)26-34)41-24-31(18-19-46-41)45(4,5)6;/h7-24,27H,1-6H3;/q-3;/i7D,8D,9D,10D,11D,12D,13D,14D,15D,16D,17D,20D,21D;. The summed E-state index contributed by atoms with van der Waals surface area (Å²) in [5.41, 5.74) is 3.96. The van der Waals surface area contributed by atoms with Gasteiger partial charge in [0.05, 0.1) is 16.5 Å². The summed E-state index contributed by atoms with van der Waals surface area (Å²) >= 11 is 0.964. The fourth-order valence-electron chi connectivity index (χ4n) is 6.62. The molecule has 5 nitrogen and oxygen atoms in total. The van der Waals surface area contributed by atoms with Gasteiger partial charge in [-0.1, -0.05) is 68.2 Å². The number of aromatic nitrogens is 2. The summed E-state index contributed by atoms with van der Waals surface area (Å²) in [6.07, 6.45) is 1.06. The fourth-order valence-corrected chi connectivity index (χ4v) is 7.59. The van der Waals surface area contributed by atoms with Gasteiger partial charge >= 0.3 is 0 Å². The molecule has 0 spiro atoms. The summed E-state index contributed by atoms with van der Waals surface area (Å²) in [5.74, 6) is -0.546. The van der Waals surface area contributed by atoms with E-state index in [2.05, 4.69) is 12.1 Å². The Morgan fingerprint density at radius 2 is 1.54 bits per heavy atom. The molecule has 7 heteroatoms. The van der Waals surface area contributed by atoms with Crippen LogP contribution in [-0.2, 0) is 26.5 Å². The minimum atomic E-state index is -0.591. The van der Waals surface area contributed by atoms with Crippen LogP contribution in [0.25, 0.3) is 47.8 Å². The molecule has 5 aromatic carbocycles. The van der Waals surface area contributed by atoms with Gasteiger partial charge in [-0.05, 0) is 88.9 Å². The monoisotopic (exact) mass is 889 g/mol. The molecular formula is C45H37N4OPtS-3. The average Bonchev–Trinajstić information content (AvgIpc) is 3.89. The van der Waals surface area contributed by atoms with E-state index in [9.17, 15) is 5.48 Å². The van der Waals surface area contributed by atoms with Gasteiger partial charge in [0.25, 0.3) is 0 Å². The van der Waals surface area contributed by atoms with Gasteiger partial charge in [-0.15, -0.1) is 59.3 Å². The van der Waals surface area contributed by atoms with E-state index in [0.717, 1.165) is 33.6 Å². The number of fused-ring (bicyclic) bond motifs is 7. The molecule has 4 heterocycles. The minimum Gasteiger partial charge on any atom is -0.509 e. The predicted octanol–water partition coefficient (Wildman–Crippen LogP) is 12.1. The molecule has 1 aliphatic rings. The van der Waals surface area contributed by atoms with E-state index in [1.54, 1.807) is 10.8 Å². The summed E-state index contributed by atoms with van der Waals surface area (Å²) in [7, 11) is 0. The molecule has 3 aromatic heterocycles. The predicted molar refractivity (Wildman–Crippen MR) is 213 cm³/mol. The second-order valence-electron chi connectivity index (χ2n) is 13.5. The third-order valence-electron chi connectivity index (χ3n) is 8.85. The average molecular weight is 890 g/mol. The van der Waals surface area contributed by atoms with E-state index >= 15 is 0 Å². The SMILES string of the molecule is [2H]C1=C([2H])N(c2c(C)cc(C)cc2C)[CH-]N1c1[c-]c(Oc2[c-]c3c(c([2H])c2[2H])c2c([2H])c([2H])c4sc5c([2H])c([2H])c([2H])c([2H])c5c4c2n3-c2cc(C(C)(C)C)ccn2)c([2H])c([2H])c1[2H].[Pt]. The molecule has 0 N–H and O–H groups in total. The third-order valence-corrected chi connectivity index (χ3v) is 9.87. The van der Waals surface area contributed by atoms with Crippen LogP contribution in [0.1, 0.15) is 60.8 Å². The number of hydrogen-bond donors (Lipinski definition) is 0. The normalized spacial score (nSPS) is 17.1. The first-order chi connectivity index (χ1) is 30.0. The van der Waals surface area contributed by atoms with Crippen LogP contribution in [0.5, 0.6) is 11.5 Å². The van der Waals surface area contributed by atoms with Crippen LogP contribution < -0.4 is 14.5 Å². The van der Waals surface area contributed by atoms with E-state index in [4.69, 9.17) is 22.1 Å². The zero-order chi connectivity index (χ0) is 46.3. The number of aryl methyl sites for hydroxylation is 3. The number of thiophene rings is 1. The van der Waals surface area contributed by atoms with Crippen molar-refractivity contribution in [3.8, 4) is 17.3 Å². The van der Waals surface area contributed by atoms with E-state index < -0.39 is 53.8 Å². The first-order valence-electron chi connectivity index (χ1n) is 22.7. The van der Waals surface area contributed by atoms with Crippen LogP contribution >= 0.6 is 11.3 Å². The maximum atomic E-state index is 9.46. The Bertz CT molecular complexity index is 3410. The van der Waals surface area contributed by atoms with Crippen molar-refractivity contribution in [1.82, 2.24) is 9.55 Å². The number of anilines is 2. The number of benzene rings is 5. The maximum absolute atomic E-state index is 9.46. The molecule has 0 saturated carbocycles. The molecule has 8 aromatic rings. The summed E-state index contributed by atoms with van der Waals surface area (Å²) < 4.78 is 124. The van der Waals surface area contributed by atoms with Crippen LogP contribution in [0, 0.1) is 39.6 Å². The van der Waals surface area contributed by atoms with Crippen molar-refractivity contribution in [2.75, 3.05) is 9.80 Å². The Balaban J connectivity index is 0.00000576. The van der Waals surface area contributed by atoms with Gasteiger partial charge in [0.15, 0.2) is 0 Å². The zero-order valence-corrected chi connectivity index (χ0v) is 32.0. The van der Waals surface area contributed by atoms with Gasteiger partial charge < -0.3 is 19.1 Å². The van der Waals surface area contributed by atoms with Crippen LogP contribution in [0.2, 0.25) is 0 Å². The molecule has 0 saturated heterocycles. The molecule has 0 radical (unpaired) electrons. The molecule has 9 rings (SSSR count). The largest absolute Gasteiger partial charge is 0.509 e. The van der Waals surface area contributed by atoms with Crippen LogP contribution in [0.3, 0.4) is 0 Å². The van der Waals surface area contributed by atoms with Gasteiger partial charge in [-0.3, -0.25) is 0 Å². The molecule has 0 amide bonds. The van der Waals surface area contributed by atoms with Crippen LogP contribution in [-0.4, -0.2) is 9.55 Å². The van der Waals surface area contributed by atoms with Crippen molar-refractivity contribution in [2.24, 2.45) is 0 Å². The second kappa shape index (κ2) is 12.9. The van der Waals surface area contributed by atoms with Crippen molar-refractivity contribution in [3.63, 3.8) is 0 Å². The van der Waals surface area contributed by atoms with Gasteiger partial charge in [-0.25, -0.2) is 4.98 Å². The Labute approximate surface area is 341 Å². The second-order valence-corrected chi connectivity index (χ2v) is 14.5. The molecule has 0 bridgehead atoms. The number of rotatable bonds is 5. The Kier molecular flexibility index (Phi) is 5.53. The van der Waals surface area contributed by atoms with Crippen molar-refractivity contribution in [3.05, 3.63) is 150 Å². The molecule has 0 unspecified atom stereocenters. The number of hydrogen-bond acceptors (Lipinski definition) is 5. The summed E-state index contributed by atoms with van der Waals surface area (Å²) in [4.78, 5) is 7.41. The van der Waals surface area contributed by atoms with E-state index in [1.165, 1.54) is 16.5 Å². The van der Waals surface area contributed by atoms with Crippen molar-refractivity contribution < 1.29 is 43.6 Å². The smallest absolute Gasteiger partial charge is 0.135 e. The van der Waals surface area contributed by atoms with E-state index in [1.807, 2.05) is 65.8 Å². The first-order valence-corrected chi connectivity index (χ1v) is 17.1. The molecule has 262 valence electrons. The van der Waals surface area contributed by atoms with Crippen molar-refractivity contribution >= 4 is 64.7 Å². The summed E-state index contributed by atoms with van der Waals surface area (Å²) in [6, 6.07) is 8.69. The number of ether oxygens (including phenoxy) is 1. The Hall–Kier alpha value is -4.90. The first kappa shape index (κ1) is 22.2. The fraction of sp³-hybridized carbons (Fsp3) is 0.156. The van der Waals surface area contributed by atoms with Gasteiger partial charge in [0.2, 0.25) is 0 Å². The van der Waals surface area contributed by atoms with Crippen molar-refractivity contribution in [1.29, 1.82) is 0 Å².